The van der Waals surface area contributed by atoms with Crippen molar-refractivity contribution in [3.8, 4) is 0 Å². The van der Waals surface area contributed by atoms with Crippen molar-refractivity contribution in [2.75, 3.05) is 105 Å². The van der Waals surface area contributed by atoms with Gasteiger partial charge in [0, 0.05) is 44.5 Å². The fourth-order valence-corrected chi connectivity index (χ4v) is 3.07. The van der Waals surface area contributed by atoms with Crippen LogP contribution in [0.3, 0.4) is 0 Å². The Hall–Kier alpha value is -3.30. The standard InChI is InChI=1S/C16H32N4O7.C14H22N2O/c1-17-3-5-24-7-9-26-12-15(22)19-4-6-25-8-10-27-13-16(23)20-11-14(21)18-2;1-3-5-11-16-14(17)12-6-8-13(9-7-12)15-10-4-2/h17H,3-13H2,1-2H3,(H,18,21)(H,19,22)(H,20,23);6-9,15H,3-5,10-11H2,1-2H3,(H,16,17). The minimum Gasteiger partial charge on any atom is -0.385 e. The average molecular weight is 627 g/mol. The van der Waals surface area contributed by atoms with Gasteiger partial charge >= 0.3 is 0 Å². The van der Waals surface area contributed by atoms with Crippen LogP contribution in [0.2, 0.25) is 0 Å². The van der Waals surface area contributed by atoms with Crippen LogP contribution in [0.5, 0.6) is 0 Å². The Labute approximate surface area is 262 Å². The van der Waals surface area contributed by atoms with E-state index in [0.717, 1.165) is 50.1 Å². The van der Waals surface area contributed by atoms with Crippen molar-refractivity contribution in [2.45, 2.75) is 33.1 Å². The molecule has 14 nitrogen and oxygen atoms in total. The number of benzene rings is 1. The number of amides is 4. The molecule has 0 aliphatic carbocycles. The molecule has 14 heteroatoms. The molecule has 252 valence electrons. The Morgan fingerprint density at radius 3 is 1.77 bits per heavy atom. The van der Waals surface area contributed by atoms with E-state index in [4.69, 9.17) is 18.9 Å². The van der Waals surface area contributed by atoms with E-state index in [2.05, 4.69) is 45.7 Å². The second-order valence-corrected chi connectivity index (χ2v) is 9.35. The van der Waals surface area contributed by atoms with Crippen molar-refractivity contribution >= 4 is 29.3 Å². The van der Waals surface area contributed by atoms with Gasteiger partial charge in [-0.1, -0.05) is 20.3 Å². The van der Waals surface area contributed by atoms with Crippen molar-refractivity contribution in [3.05, 3.63) is 29.8 Å². The average Bonchev–Trinajstić information content (AvgIpc) is 3.04. The van der Waals surface area contributed by atoms with E-state index < -0.39 is 0 Å². The lowest BCUT2D eigenvalue weighted by Crippen LogP contribution is -2.37. The first-order chi connectivity index (χ1) is 21.4. The van der Waals surface area contributed by atoms with Crippen molar-refractivity contribution in [1.82, 2.24) is 26.6 Å². The molecule has 0 unspecified atom stereocenters. The van der Waals surface area contributed by atoms with E-state index in [0.29, 0.717) is 39.6 Å². The highest BCUT2D eigenvalue weighted by molar-refractivity contribution is 5.94. The number of anilines is 1. The fraction of sp³-hybridized carbons (Fsp3) is 0.667. The Bertz CT molecular complexity index is 889. The van der Waals surface area contributed by atoms with Crippen LogP contribution in [0.15, 0.2) is 24.3 Å². The topological polar surface area (TPSA) is 177 Å². The Morgan fingerprint density at radius 1 is 0.614 bits per heavy atom. The zero-order valence-corrected chi connectivity index (χ0v) is 26.9. The van der Waals surface area contributed by atoms with Gasteiger partial charge in [0.25, 0.3) is 5.91 Å². The van der Waals surface area contributed by atoms with E-state index in [1.54, 1.807) is 0 Å². The molecule has 0 aromatic heterocycles. The van der Waals surface area contributed by atoms with Gasteiger partial charge in [-0.2, -0.15) is 0 Å². The summed E-state index contributed by atoms with van der Waals surface area (Å²) in [5, 5.41) is 16.6. The van der Waals surface area contributed by atoms with Crippen LogP contribution < -0.4 is 31.9 Å². The van der Waals surface area contributed by atoms with Crippen LogP contribution in [0, 0.1) is 0 Å². The molecule has 0 radical (unpaired) electrons. The summed E-state index contributed by atoms with van der Waals surface area (Å²) < 4.78 is 20.8. The number of rotatable bonds is 25. The van der Waals surface area contributed by atoms with E-state index in [9.17, 15) is 19.2 Å². The van der Waals surface area contributed by atoms with Gasteiger partial charge in [-0.05, 0) is 44.2 Å². The van der Waals surface area contributed by atoms with E-state index in [1.165, 1.54) is 7.05 Å². The summed E-state index contributed by atoms with van der Waals surface area (Å²) in [5.74, 6) is -0.867. The molecular formula is C30H54N6O8. The van der Waals surface area contributed by atoms with Gasteiger partial charge in [0.1, 0.15) is 13.2 Å². The first-order valence-corrected chi connectivity index (χ1v) is 15.2. The highest BCUT2D eigenvalue weighted by Crippen LogP contribution is 2.09. The summed E-state index contributed by atoms with van der Waals surface area (Å²) in [6, 6.07) is 7.62. The number of carbonyl (C=O) groups excluding carboxylic acids is 4. The maximum atomic E-state index is 11.7. The molecular weight excluding hydrogens is 572 g/mol. The molecule has 44 heavy (non-hydrogen) atoms. The number of carbonyl (C=O) groups is 4. The molecule has 1 aromatic rings. The van der Waals surface area contributed by atoms with E-state index in [1.807, 2.05) is 31.3 Å². The zero-order chi connectivity index (χ0) is 32.7. The van der Waals surface area contributed by atoms with Crippen LogP contribution in [-0.2, 0) is 33.3 Å². The maximum absolute atomic E-state index is 11.7. The molecule has 0 spiro atoms. The Kier molecular flexibility index (Phi) is 27.5. The van der Waals surface area contributed by atoms with Crippen LogP contribution in [0.1, 0.15) is 43.5 Å². The minimum atomic E-state index is -0.377. The predicted octanol–water partition coefficient (Wildman–Crippen LogP) is 0.289. The lowest BCUT2D eigenvalue weighted by Gasteiger charge is -2.08. The molecule has 0 saturated heterocycles. The van der Waals surface area contributed by atoms with Gasteiger partial charge in [-0.15, -0.1) is 0 Å². The second-order valence-electron chi connectivity index (χ2n) is 9.35. The van der Waals surface area contributed by atoms with Crippen molar-refractivity contribution < 1.29 is 38.1 Å². The van der Waals surface area contributed by atoms with Gasteiger partial charge in [0.05, 0.1) is 46.2 Å². The highest BCUT2D eigenvalue weighted by Gasteiger charge is 2.05. The van der Waals surface area contributed by atoms with Crippen molar-refractivity contribution in [3.63, 3.8) is 0 Å². The summed E-state index contributed by atoms with van der Waals surface area (Å²) >= 11 is 0. The van der Waals surface area contributed by atoms with Crippen molar-refractivity contribution in [2.24, 2.45) is 0 Å². The Morgan fingerprint density at radius 2 is 1.20 bits per heavy atom. The quantitative estimate of drug-likeness (QED) is 0.0827. The minimum absolute atomic E-state index is 0.0143. The maximum Gasteiger partial charge on any atom is 0.251 e. The SMILES string of the molecule is CCCCNC(=O)c1ccc(NCCC)cc1.CNCCOCCOCC(=O)NCCOCCOCC(=O)NCC(=O)NC. The first kappa shape index (κ1) is 40.7. The summed E-state index contributed by atoms with van der Waals surface area (Å²) in [7, 11) is 3.33. The summed E-state index contributed by atoms with van der Waals surface area (Å²) in [4.78, 5) is 45.4. The number of likely N-dealkylation sites (N-methyl/N-ethyl adjacent to an activating group) is 2. The molecule has 0 aliphatic rings. The predicted molar refractivity (Wildman–Crippen MR) is 170 cm³/mol. The van der Waals surface area contributed by atoms with Gasteiger partial charge < -0.3 is 50.8 Å². The van der Waals surface area contributed by atoms with E-state index >= 15 is 0 Å². The van der Waals surface area contributed by atoms with Gasteiger partial charge in [-0.3, -0.25) is 19.2 Å². The van der Waals surface area contributed by atoms with Crippen molar-refractivity contribution in [1.29, 1.82) is 0 Å². The smallest absolute Gasteiger partial charge is 0.251 e. The molecule has 0 bridgehead atoms. The third-order valence-electron chi connectivity index (χ3n) is 5.54. The molecule has 0 aliphatic heterocycles. The Balaban J connectivity index is 0.000000928. The molecule has 6 N–H and O–H groups in total. The molecule has 4 amide bonds. The third-order valence-corrected chi connectivity index (χ3v) is 5.54. The van der Waals surface area contributed by atoms with Gasteiger partial charge in [0.2, 0.25) is 17.7 Å². The zero-order valence-electron chi connectivity index (χ0n) is 26.9. The first-order valence-electron chi connectivity index (χ1n) is 15.2. The van der Waals surface area contributed by atoms with E-state index in [-0.39, 0.29) is 50.0 Å². The van der Waals surface area contributed by atoms with Gasteiger partial charge in [0.15, 0.2) is 0 Å². The number of hydrogen-bond acceptors (Lipinski definition) is 10. The second kappa shape index (κ2) is 29.8. The van der Waals surface area contributed by atoms with Crippen LogP contribution in [0.25, 0.3) is 0 Å². The van der Waals surface area contributed by atoms with Gasteiger partial charge in [-0.25, -0.2) is 0 Å². The monoisotopic (exact) mass is 626 g/mol. The number of hydrogen-bond donors (Lipinski definition) is 6. The lowest BCUT2D eigenvalue weighted by atomic mass is 10.2. The normalized spacial score (nSPS) is 10.3. The number of ether oxygens (including phenoxy) is 4. The fourth-order valence-electron chi connectivity index (χ4n) is 3.07. The molecule has 0 heterocycles. The van der Waals surface area contributed by atoms with Crippen LogP contribution in [0.4, 0.5) is 5.69 Å². The molecule has 0 fully saturated rings. The van der Waals surface area contributed by atoms with Crippen LogP contribution in [-0.4, -0.2) is 123 Å². The largest absolute Gasteiger partial charge is 0.385 e. The lowest BCUT2D eigenvalue weighted by molar-refractivity contribution is -0.129. The van der Waals surface area contributed by atoms with Crippen LogP contribution >= 0.6 is 0 Å². The molecule has 1 rings (SSSR count). The molecule has 0 saturated carbocycles. The number of unbranched alkanes of at least 4 members (excludes halogenated alkanes) is 1. The third kappa shape index (κ3) is 25.2. The summed E-state index contributed by atoms with van der Waals surface area (Å²) in [6.45, 7) is 9.10. The molecule has 1 aromatic carbocycles. The molecule has 0 atom stereocenters. The highest BCUT2D eigenvalue weighted by atomic mass is 16.5. The summed E-state index contributed by atoms with van der Waals surface area (Å²) in [5.41, 5.74) is 1.79. The summed E-state index contributed by atoms with van der Waals surface area (Å²) in [6.07, 6.45) is 3.22. The number of nitrogens with one attached hydrogen (secondary N) is 6.